The first-order valence-electron chi connectivity index (χ1n) is 8.44. The zero-order chi connectivity index (χ0) is 17.3. The van der Waals surface area contributed by atoms with Crippen LogP contribution in [-0.2, 0) is 17.3 Å². The molecular weight excluding hydrogens is 322 g/mol. The molecule has 1 aliphatic heterocycles. The van der Waals surface area contributed by atoms with Crippen molar-refractivity contribution in [3.8, 4) is 0 Å². The maximum Gasteiger partial charge on any atom is 0.321 e. The molecule has 0 saturated carbocycles. The summed E-state index contributed by atoms with van der Waals surface area (Å²) in [5.41, 5.74) is 1.98. The Labute approximate surface area is 145 Å². The molecule has 2 amide bonds. The maximum atomic E-state index is 12.5. The third-order valence-electron chi connectivity index (χ3n) is 4.51. The number of benzene rings is 1. The van der Waals surface area contributed by atoms with Crippen molar-refractivity contribution in [2.24, 2.45) is 0 Å². The van der Waals surface area contributed by atoms with Crippen molar-refractivity contribution in [1.29, 1.82) is 0 Å². The van der Waals surface area contributed by atoms with Gasteiger partial charge in [0.15, 0.2) is 0 Å². The van der Waals surface area contributed by atoms with Crippen molar-refractivity contribution >= 4 is 33.4 Å². The molecule has 5 nitrogen and oxygen atoms in total. The number of hydrogen-bond acceptors (Lipinski definition) is 2. The van der Waals surface area contributed by atoms with Crippen LogP contribution in [-0.4, -0.2) is 43.3 Å². The van der Waals surface area contributed by atoms with Crippen LogP contribution in [0.25, 0.3) is 10.9 Å². The number of carbonyl (C=O) groups excluding carboxylic acids is 1. The Hall–Kier alpha value is -1.82. The molecule has 24 heavy (non-hydrogen) atoms. The van der Waals surface area contributed by atoms with E-state index in [0.29, 0.717) is 18.8 Å². The van der Waals surface area contributed by atoms with E-state index in [0.717, 1.165) is 24.0 Å². The lowest BCUT2D eigenvalue weighted by Crippen LogP contribution is -2.53. The summed E-state index contributed by atoms with van der Waals surface area (Å²) in [6.45, 7) is 8.11. The number of urea groups is 1. The molecular formula is C18H25N3O2S. The Morgan fingerprint density at radius 1 is 1.33 bits per heavy atom. The highest BCUT2D eigenvalue weighted by atomic mass is 32.2. The van der Waals surface area contributed by atoms with E-state index in [4.69, 9.17) is 0 Å². The molecule has 0 spiro atoms. The predicted molar refractivity (Wildman–Crippen MR) is 99.9 cm³/mol. The van der Waals surface area contributed by atoms with Gasteiger partial charge in [0.25, 0.3) is 0 Å². The van der Waals surface area contributed by atoms with E-state index in [2.05, 4.69) is 35.1 Å². The second kappa shape index (κ2) is 6.59. The number of fused-ring (bicyclic) bond motifs is 1. The SMILES string of the molecule is CCCn1ccc2cc(NC(=O)N3CC[S@@](=O)C(C)(C)C3)ccc21. The summed E-state index contributed by atoms with van der Waals surface area (Å²) in [5.74, 6) is 0.541. The van der Waals surface area contributed by atoms with Crippen LogP contribution >= 0.6 is 0 Å². The standard InChI is InChI=1S/C18H25N3O2S/c1-4-8-20-9-7-14-12-15(5-6-16(14)20)19-17(22)21-10-11-24(23)18(2,3)13-21/h5-7,9,12H,4,8,10-11,13H2,1-3H3,(H,19,22)/t24-/m1/s1. The first-order valence-corrected chi connectivity index (χ1v) is 9.76. The van der Waals surface area contributed by atoms with Crippen LogP contribution < -0.4 is 5.32 Å². The zero-order valence-electron chi connectivity index (χ0n) is 14.5. The Kier molecular flexibility index (Phi) is 4.67. The van der Waals surface area contributed by atoms with Crippen LogP contribution in [0.15, 0.2) is 30.5 Å². The average Bonchev–Trinajstić information content (AvgIpc) is 2.93. The second-order valence-corrected chi connectivity index (χ2v) is 9.15. The van der Waals surface area contributed by atoms with Crippen LogP contribution in [0.5, 0.6) is 0 Å². The van der Waals surface area contributed by atoms with Gasteiger partial charge >= 0.3 is 6.03 Å². The summed E-state index contributed by atoms with van der Waals surface area (Å²) in [6.07, 6.45) is 3.18. The number of nitrogens with one attached hydrogen (secondary N) is 1. The Morgan fingerprint density at radius 2 is 2.12 bits per heavy atom. The highest BCUT2D eigenvalue weighted by molar-refractivity contribution is 7.86. The fraction of sp³-hybridized carbons (Fsp3) is 0.500. The molecule has 1 atom stereocenters. The van der Waals surface area contributed by atoms with E-state index >= 15 is 0 Å². The van der Waals surface area contributed by atoms with E-state index in [1.165, 1.54) is 5.52 Å². The number of aromatic nitrogens is 1. The van der Waals surface area contributed by atoms with Gasteiger partial charge in [-0.2, -0.15) is 0 Å². The molecule has 0 radical (unpaired) electrons. The monoisotopic (exact) mass is 347 g/mol. The quantitative estimate of drug-likeness (QED) is 0.925. The van der Waals surface area contributed by atoms with Gasteiger partial charge < -0.3 is 14.8 Å². The molecule has 2 aromatic rings. The summed E-state index contributed by atoms with van der Waals surface area (Å²) in [4.78, 5) is 14.3. The number of hydrogen-bond donors (Lipinski definition) is 1. The predicted octanol–water partition coefficient (Wildman–Crippen LogP) is 3.43. The number of rotatable bonds is 3. The van der Waals surface area contributed by atoms with Gasteiger partial charge in [0.2, 0.25) is 0 Å². The first-order chi connectivity index (χ1) is 11.4. The van der Waals surface area contributed by atoms with E-state index in [1.54, 1.807) is 4.90 Å². The lowest BCUT2D eigenvalue weighted by molar-refractivity contribution is 0.207. The molecule has 0 aliphatic carbocycles. The van der Waals surface area contributed by atoms with Gasteiger partial charge in [-0.1, -0.05) is 6.92 Å². The van der Waals surface area contributed by atoms with E-state index < -0.39 is 10.8 Å². The van der Waals surface area contributed by atoms with Crippen LogP contribution in [0, 0.1) is 0 Å². The molecule has 0 bridgehead atoms. The average molecular weight is 347 g/mol. The highest BCUT2D eigenvalue weighted by Crippen LogP contribution is 2.23. The number of aryl methyl sites for hydroxylation is 1. The van der Waals surface area contributed by atoms with E-state index in [1.807, 2.05) is 26.0 Å². The van der Waals surface area contributed by atoms with Crippen LogP contribution in [0.4, 0.5) is 10.5 Å². The normalized spacial score (nSPS) is 20.3. The minimum Gasteiger partial charge on any atom is -0.347 e. The summed E-state index contributed by atoms with van der Waals surface area (Å²) in [7, 11) is -0.877. The third-order valence-corrected chi connectivity index (χ3v) is 6.42. The summed E-state index contributed by atoms with van der Waals surface area (Å²) >= 11 is 0. The van der Waals surface area contributed by atoms with Crippen molar-refractivity contribution < 1.29 is 9.00 Å². The van der Waals surface area contributed by atoms with E-state index in [-0.39, 0.29) is 10.8 Å². The summed E-state index contributed by atoms with van der Waals surface area (Å²) in [5, 5.41) is 4.10. The Morgan fingerprint density at radius 3 is 2.83 bits per heavy atom. The van der Waals surface area contributed by atoms with Gasteiger partial charge in [0.1, 0.15) is 0 Å². The first kappa shape index (κ1) is 17.0. The fourth-order valence-electron chi connectivity index (χ4n) is 3.17. The summed E-state index contributed by atoms with van der Waals surface area (Å²) < 4.78 is 13.9. The second-order valence-electron chi connectivity index (χ2n) is 6.94. The molecule has 1 saturated heterocycles. The number of amides is 2. The lowest BCUT2D eigenvalue weighted by atomic mass is 10.2. The molecule has 1 fully saturated rings. The smallest absolute Gasteiger partial charge is 0.321 e. The maximum absolute atomic E-state index is 12.5. The fourth-order valence-corrected chi connectivity index (χ4v) is 4.41. The van der Waals surface area contributed by atoms with Gasteiger partial charge in [-0.15, -0.1) is 0 Å². The Bertz CT molecular complexity index is 782. The molecule has 0 unspecified atom stereocenters. The minimum atomic E-state index is -0.877. The van der Waals surface area contributed by atoms with Crippen LogP contribution in [0.1, 0.15) is 27.2 Å². The third kappa shape index (κ3) is 3.34. The molecule has 2 heterocycles. The molecule has 1 aromatic heterocycles. The summed E-state index contributed by atoms with van der Waals surface area (Å²) in [6, 6.07) is 7.96. The van der Waals surface area contributed by atoms with Crippen molar-refractivity contribution in [3.63, 3.8) is 0 Å². The number of anilines is 1. The highest BCUT2D eigenvalue weighted by Gasteiger charge is 2.35. The molecule has 130 valence electrons. The molecule has 1 aliphatic rings. The van der Waals surface area contributed by atoms with Gasteiger partial charge in [-0.05, 0) is 44.5 Å². The number of carbonyl (C=O) groups is 1. The Balaban J connectivity index is 1.72. The van der Waals surface area contributed by atoms with Gasteiger partial charge in [-0.3, -0.25) is 4.21 Å². The number of nitrogens with zero attached hydrogens (tertiary/aromatic N) is 2. The molecule has 3 rings (SSSR count). The molecule has 6 heteroatoms. The molecule has 1 aromatic carbocycles. The van der Waals surface area contributed by atoms with Crippen molar-refractivity contribution in [3.05, 3.63) is 30.5 Å². The van der Waals surface area contributed by atoms with E-state index in [9.17, 15) is 9.00 Å². The van der Waals surface area contributed by atoms with Crippen molar-refractivity contribution in [1.82, 2.24) is 9.47 Å². The largest absolute Gasteiger partial charge is 0.347 e. The van der Waals surface area contributed by atoms with Gasteiger partial charge in [-0.25, -0.2) is 4.79 Å². The van der Waals surface area contributed by atoms with Gasteiger partial charge in [0, 0.05) is 59.0 Å². The van der Waals surface area contributed by atoms with Crippen LogP contribution in [0.3, 0.4) is 0 Å². The lowest BCUT2D eigenvalue weighted by Gasteiger charge is -2.37. The zero-order valence-corrected chi connectivity index (χ0v) is 15.4. The van der Waals surface area contributed by atoms with Gasteiger partial charge in [0.05, 0.1) is 4.75 Å². The topological polar surface area (TPSA) is 54.3 Å². The minimum absolute atomic E-state index is 0.118. The molecule has 1 N–H and O–H groups in total. The van der Waals surface area contributed by atoms with Crippen molar-refractivity contribution in [2.75, 3.05) is 24.2 Å². The van der Waals surface area contributed by atoms with Crippen LogP contribution in [0.2, 0.25) is 0 Å². The van der Waals surface area contributed by atoms with Crippen molar-refractivity contribution in [2.45, 2.75) is 38.5 Å².